The Morgan fingerprint density at radius 2 is 2.11 bits per heavy atom. The molecule has 7 nitrogen and oxygen atoms in total. The van der Waals surface area contributed by atoms with Crippen LogP contribution in [0.25, 0.3) is 22.0 Å². The highest BCUT2D eigenvalue weighted by Crippen LogP contribution is 2.32. The molecule has 3 heterocycles. The molecule has 1 aliphatic heterocycles. The van der Waals surface area contributed by atoms with Crippen molar-refractivity contribution in [2.24, 2.45) is 0 Å². The topological polar surface area (TPSA) is 74.3 Å². The van der Waals surface area contributed by atoms with Crippen LogP contribution >= 0.6 is 0 Å². The summed E-state index contributed by atoms with van der Waals surface area (Å²) in [6.07, 6.45) is 4.84. The van der Waals surface area contributed by atoms with Crippen molar-refractivity contribution in [2.75, 3.05) is 32.8 Å². The maximum Gasteiger partial charge on any atom is 0.254 e. The van der Waals surface area contributed by atoms with Gasteiger partial charge in [0.05, 0.1) is 18.3 Å². The van der Waals surface area contributed by atoms with E-state index in [-0.39, 0.29) is 11.7 Å². The Labute approximate surface area is 214 Å². The summed E-state index contributed by atoms with van der Waals surface area (Å²) < 4.78 is 33.5. The minimum Gasteiger partial charge on any atom is -0.493 e. The number of aromatic amines is 1. The van der Waals surface area contributed by atoms with E-state index in [1.54, 1.807) is 53.8 Å². The molecule has 5 rings (SSSR count). The number of amides is 1. The molecule has 1 amide bonds. The third-order valence-corrected chi connectivity index (χ3v) is 6.65. The third kappa shape index (κ3) is 5.61. The number of rotatable bonds is 9. The molecule has 2 aromatic carbocycles. The molecule has 1 fully saturated rings. The molecule has 1 aliphatic rings. The van der Waals surface area contributed by atoms with Crippen LogP contribution in [0, 0.1) is 5.82 Å². The van der Waals surface area contributed by atoms with Crippen molar-refractivity contribution in [1.82, 2.24) is 25.0 Å². The summed E-state index contributed by atoms with van der Waals surface area (Å²) in [7, 11) is 0. The lowest BCUT2D eigenvalue weighted by molar-refractivity contribution is 0.0726. The number of carbonyl (C=O) groups is 1. The molecule has 0 spiro atoms. The zero-order valence-corrected chi connectivity index (χ0v) is 20.7. The maximum absolute atomic E-state index is 13.9. The van der Waals surface area contributed by atoms with E-state index in [1.165, 1.54) is 12.1 Å². The van der Waals surface area contributed by atoms with Crippen molar-refractivity contribution in [3.63, 3.8) is 0 Å². The second-order valence-electron chi connectivity index (χ2n) is 9.20. The van der Waals surface area contributed by atoms with Gasteiger partial charge in [-0.05, 0) is 49.2 Å². The van der Waals surface area contributed by atoms with Crippen LogP contribution < -0.4 is 4.74 Å². The quantitative estimate of drug-likeness (QED) is 0.352. The van der Waals surface area contributed by atoms with Crippen molar-refractivity contribution in [3.8, 4) is 16.9 Å². The van der Waals surface area contributed by atoms with E-state index < -0.39 is 6.17 Å². The maximum atomic E-state index is 13.9. The number of H-pyrrole nitrogens is 1. The summed E-state index contributed by atoms with van der Waals surface area (Å²) in [6.45, 7) is 4.63. The standard InChI is InChI=1S/C28H29F2N5O2/c1-2-37-26-13-20(6-7-25(26)19-4-3-5-23(29)12-19)28(36)35(11-10-34-9-8-24(30)18-34)17-22-15-31-14-21-16-32-33-27(21)22/h3-7,12-16,24H,2,8-11,17-18H2,1H3,(H,32,33). The van der Waals surface area contributed by atoms with Gasteiger partial charge in [-0.25, -0.2) is 8.78 Å². The van der Waals surface area contributed by atoms with Gasteiger partial charge in [0, 0.05) is 67.2 Å². The van der Waals surface area contributed by atoms with Crippen LogP contribution in [-0.4, -0.2) is 69.8 Å². The summed E-state index contributed by atoms with van der Waals surface area (Å²) >= 11 is 0. The Kier molecular flexibility index (Phi) is 7.41. The lowest BCUT2D eigenvalue weighted by Gasteiger charge is -2.26. The van der Waals surface area contributed by atoms with Gasteiger partial charge < -0.3 is 9.64 Å². The van der Waals surface area contributed by atoms with Gasteiger partial charge in [-0.3, -0.25) is 19.8 Å². The second kappa shape index (κ2) is 11.0. The third-order valence-electron chi connectivity index (χ3n) is 6.65. The van der Waals surface area contributed by atoms with Crippen molar-refractivity contribution < 1.29 is 18.3 Å². The number of ether oxygens (including phenoxy) is 1. The van der Waals surface area contributed by atoms with Gasteiger partial charge >= 0.3 is 0 Å². The monoisotopic (exact) mass is 505 g/mol. The number of fused-ring (bicyclic) bond motifs is 1. The lowest BCUT2D eigenvalue weighted by atomic mass is 10.0. The minimum atomic E-state index is -0.823. The van der Waals surface area contributed by atoms with E-state index in [4.69, 9.17) is 4.74 Å². The number of hydrogen-bond acceptors (Lipinski definition) is 5. The zero-order valence-electron chi connectivity index (χ0n) is 20.7. The van der Waals surface area contributed by atoms with Crippen LogP contribution in [0.15, 0.2) is 61.1 Å². The molecule has 9 heteroatoms. The van der Waals surface area contributed by atoms with Crippen molar-refractivity contribution in [3.05, 3.63) is 78.0 Å². The number of hydrogen-bond donors (Lipinski definition) is 1. The molecule has 1 unspecified atom stereocenters. The normalized spacial score (nSPS) is 15.8. The van der Waals surface area contributed by atoms with Gasteiger partial charge in [-0.15, -0.1) is 0 Å². The molecule has 0 saturated carbocycles. The van der Waals surface area contributed by atoms with E-state index in [2.05, 4.69) is 15.2 Å². The molecule has 2 aromatic heterocycles. The van der Waals surface area contributed by atoms with Crippen LogP contribution in [0.5, 0.6) is 5.75 Å². The predicted octanol–water partition coefficient (Wildman–Crippen LogP) is 4.85. The first kappa shape index (κ1) is 24.8. The number of alkyl halides is 1. The van der Waals surface area contributed by atoms with Crippen molar-refractivity contribution in [2.45, 2.75) is 26.1 Å². The van der Waals surface area contributed by atoms with Crippen LogP contribution in [0.1, 0.15) is 29.3 Å². The molecule has 0 aliphatic carbocycles. The molecule has 4 aromatic rings. The molecule has 192 valence electrons. The minimum absolute atomic E-state index is 0.181. The van der Waals surface area contributed by atoms with Gasteiger partial charge in [-0.2, -0.15) is 5.10 Å². The number of benzene rings is 2. The highest BCUT2D eigenvalue weighted by Gasteiger charge is 2.25. The summed E-state index contributed by atoms with van der Waals surface area (Å²) in [5, 5.41) is 7.96. The Hall–Kier alpha value is -3.85. The number of pyridine rings is 1. The first-order chi connectivity index (χ1) is 18.0. The Balaban J connectivity index is 1.45. The van der Waals surface area contributed by atoms with Crippen LogP contribution in [-0.2, 0) is 6.54 Å². The summed E-state index contributed by atoms with van der Waals surface area (Å²) in [5.74, 6) is -0.0133. The number of aromatic nitrogens is 3. The fraction of sp³-hybridized carbons (Fsp3) is 0.321. The highest BCUT2D eigenvalue weighted by molar-refractivity contribution is 5.96. The number of nitrogens with zero attached hydrogens (tertiary/aromatic N) is 4. The van der Waals surface area contributed by atoms with Crippen molar-refractivity contribution in [1.29, 1.82) is 0 Å². The van der Waals surface area contributed by atoms with Crippen molar-refractivity contribution >= 4 is 16.8 Å². The Morgan fingerprint density at radius 3 is 2.89 bits per heavy atom. The van der Waals surface area contributed by atoms with Crippen LogP contribution in [0.3, 0.4) is 0 Å². The average molecular weight is 506 g/mol. The molecule has 0 radical (unpaired) electrons. The van der Waals surface area contributed by atoms with Crippen LogP contribution in [0.2, 0.25) is 0 Å². The molecule has 0 bridgehead atoms. The Morgan fingerprint density at radius 1 is 1.22 bits per heavy atom. The van der Waals surface area contributed by atoms with Gasteiger partial charge in [-0.1, -0.05) is 12.1 Å². The number of carbonyl (C=O) groups excluding carboxylic acids is 1. The number of likely N-dealkylation sites (tertiary alicyclic amines) is 1. The number of halogens is 2. The van der Waals surface area contributed by atoms with E-state index >= 15 is 0 Å². The summed E-state index contributed by atoms with van der Waals surface area (Å²) in [4.78, 5) is 21.9. The van der Waals surface area contributed by atoms with Gasteiger partial charge in [0.1, 0.15) is 17.7 Å². The zero-order chi connectivity index (χ0) is 25.8. The predicted molar refractivity (Wildman–Crippen MR) is 138 cm³/mol. The fourth-order valence-corrected chi connectivity index (χ4v) is 4.76. The fourth-order valence-electron chi connectivity index (χ4n) is 4.76. The van der Waals surface area contributed by atoms with Gasteiger partial charge in [0.15, 0.2) is 0 Å². The first-order valence-electron chi connectivity index (χ1n) is 12.5. The van der Waals surface area contributed by atoms with Crippen LogP contribution in [0.4, 0.5) is 8.78 Å². The second-order valence-corrected chi connectivity index (χ2v) is 9.20. The van der Waals surface area contributed by atoms with E-state index in [0.717, 1.165) is 16.5 Å². The highest BCUT2D eigenvalue weighted by atomic mass is 19.1. The summed E-state index contributed by atoms with van der Waals surface area (Å²) in [6, 6.07) is 11.5. The van der Waals surface area contributed by atoms with Gasteiger partial charge in [0.25, 0.3) is 5.91 Å². The average Bonchev–Trinajstić information content (AvgIpc) is 3.55. The molecule has 37 heavy (non-hydrogen) atoms. The molecule has 1 atom stereocenters. The Bertz CT molecular complexity index is 1390. The van der Waals surface area contributed by atoms with E-state index in [9.17, 15) is 13.6 Å². The smallest absolute Gasteiger partial charge is 0.254 e. The molecular formula is C28H29F2N5O2. The van der Waals surface area contributed by atoms with E-state index in [0.29, 0.717) is 68.2 Å². The SMILES string of the molecule is CCOc1cc(C(=O)N(CCN2CCC(F)C2)Cc2cncc3cn[nH]c23)ccc1-c1cccc(F)c1. The van der Waals surface area contributed by atoms with E-state index in [1.807, 2.05) is 11.8 Å². The summed E-state index contributed by atoms with van der Waals surface area (Å²) in [5.41, 5.74) is 3.51. The molecule has 1 saturated heterocycles. The largest absolute Gasteiger partial charge is 0.493 e. The van der Waals surface area contributed by atoms with Gasteiger partial charge in [0.2, 0.25) is 0 Å². The molecular weight excluding hydrogens is 476 g/mol. The molecule has 1 N–H and O–H groups in total. The number of nitrogens with one attached hydrogen (secondary N) is 1. The lowest BCUT2D eigenvalue weighted by Crippen LogP contribution is -2.38. The first-order valence-corrected chi connectivity index (χ1v) is 12.5.